The molecule has 0 aromatic carbocycles. The van der Waals surface area contributed by atoms with E-state index in [2.05, 4.69) is 0 Å². The molecule has 1 saturated heterocycles. The standard InChI is InChI=1S/C6H14NO.C2F6NO4S2/c1-2-7(8)5-3-4-6-7;3-1(4,5)14(10,11)9-15(12,13)2(6,7)8/h8H,2-6H2,1H3;/q+1;-1. The second-order valence-corrected chi connectivity index (χ2v) is 7.90. The first-order valence-electron chi connectivity index (χ1n) is 5.93. The third kappa shape index (κ3) is 6.40. The van der Waals surface area contributed by atoms with Crippen molar-refractivity contribution in [2.45, 2.75) is 30.8 Å². The van der Waals surface area contributed by atoms with Gasteiger partial charge in [-0.15, -0.1) is 0 Å². The van der Waals surface area contributed by atoms with Crippen molar-refractivity contribution < 1.29 is 53.0 Å². The third-order valence-corrected chi connectivity index (χ3v) is 5.51. The van der Waals surface area contributed by atoms with E-state index in [4.69, 9.17) is 0 Å². The second-order valence-electron chi connectivity index (χ2n) is 4.48. The smallest absolute Gasteiger partial charge is 0.421 e. The largest absolute Gasteiger partial charge is 0.480 e. The molecule has 0 amide bonds. The lowest BCUT2D eigenvalue weighted by Crippen LogP contribution is -2.40. The van der Waals surface area contributed by atoms with Gasteiger partial charge in [0.15, 0.2) is 20.0 Å². The van der Waals surface area contributed by atoms with Gasteiger partial charge in [0.05, 0.1) is 0 Å². The van der Waals surface area contributed by atoms with Crippen LogP contribution in [0.15, 0.2) is 0 Å². The van der Waals surface area contributed by atoms with E-state index >= 15 is 0 Å². The minimum atomic E-state index is -6.72. The van der Waals surface area contributed by atoms with Crippen LogP contribution in [0.5, 0.6) is 0 Å². The number of alkyl halides is 6. The van der Waals surface area contributed by atoms with E-state index in [0.29, 0.717) is 4.65 Å². The Morgan fingerprint density at radius 2 is 1.22 bits per heavy atom. The van der Waals surface area contributed by atoms with Gasteiger partial charge in [-0.1, -0.05) is 0 Å². The molecule has 140 valence electrons. The summed E-state index contributed by atoms with van der Waals surface area (Å²) in [7, 11) is -13.4. The van der Waals surface area contributed by atoms with Gasteiger partial charge < -0.3 is 4.13 Å². The number of hydrogen-bond acceptors (Lipinski definition) is 5. The Morgan fingerprint density at radius 1 is 0.913 bits per heavy atom. The lowest BCUT2D eigenvalue weighted by atomic mass is 10.4. The number of sulfonamides is 2. The molecule has 0 unspecified atom stereocenters. The van der Waals surface area contributed by atoms with E-state index in [-0.39, 0.29) is 0 Å². The first kappa shape index (κ1) is 22.4. The SMILES string of the molecule is CC[N+]1(O)CCCC1.O=S(=O)([N-]S(=O)(=O)C(F)(F)F)C(F)(F)F. The average molecular weight is 396 g/mol. The monoisotopic (exact) mass is 396 g/mol. The molecule has 1 rings (SSSR count). The van der Waals surface area contributed by atoms with Crippen LogP contribution in [-0.2, 0) is 20.0 Å². The van der Waals surface area contributed by atoms with Gasteiger partial charge in [0.25, 0.3) is 0 Å². The fourth-order valence-electron chi connectivity index (χ4n) is 1.45. The van der Waals surface area contributed by atoms with Crippen LogP contribution in [0.4, 0.5) is 26.3 Å². The number of nitrogens with zero attached hydrogens (tertiary/aromatic N) is 2. The van der Waals surface area contributed by atoms with E-state index in [9.17, 15) is 48.4 Å². The molecule has 0 saturated carbocycles. The van der Waals surface area contributed by atoms with Gasteiger partial charge in [-0.05, 0) is 6.92 Å². The van der Waals surface area contributed by atoms with Crippen LogP contribution in [0, 0.1) is 0 Å². The van der Waals surface area contributed by atoms with Crippen molar-refractivity contribution in [2.24, 2.45) is 0 Å². The first-order valence-corrected chi connectivity index (χ1v) is 8.81. The fourth-order valence-corrected chi connectivity index (χ4v) is 3.16. The van der Waals surface area contributed by atoms with Crippen LogP contribution < -0.4 is 0 Å². The predicted molar refractivity (Wildman–Crippen MR) is 64.9 cm³/mol. The molecular weight excluding hydrogens is 382 g/mol. The predicted octanol–water partition coefficient (Wildman–Crippen LogP) is 2.07. The number of hydrogen-bond donors (Lipinski definition) is 1. The molecule has 0 aromatic heterocycles. The third-order valence-electron chi connectivity index (χ3n) is 2.77. The van der Waals surface area contributed by atoms with Crippen molar-refractivity contribution in [1.29, 1.82) is 0 Å². The molecule has 1 fully saturated rings. The summed E-state index contributed by atoms with van der Waals surface area (Å²) in [5.41, 5.74) is -12.4. The Labute approximate surface area is 128 Å². The summed E-state index contributed by atoms with van der Waals surface area (Å²) in [6.07, 6.45) is 2.40. The molecule has 1 aliphatic rings. The van der Waals surface area contributed by atoms with Crippen LogP contribution in [0.25, 0.3) is 4.13 Å². The Hall–Kier alpha value is -0.640. The van der Waals surface area contributed by atoms with Crippen molar-refractivity contribution in [2.75, 3.05) is 19.6 Å². The van der Waals surface area contributed by atoms with Gasteiger partial charge in [0.2, 0.25) is 0 Å². The summed E-state index contributed by atoms with van der Waals surface area (Å²) in [5.74, 6) is 0. The molecule has 15 heteroatoms. The van der Waals surface area contributed by atoms with Gasteiger partial charge in [0.1, 0.15) is 19.6 Å². The summed E-state index contributed by atoms with van der Waals surface area (Å²) < 4.78 is 110. The number of rotatable bonds is 3. The maximum absolute atomic E-state index is 11.4. The van der Waals surface area contributed by atoms with Gasteiger partial charge in [0, 0.05) is 12.8 Å². The molecule has 1 heterocycles. The van der Waals surface area contributed by atoms with Gasteiger partial charge in [-0.2, -0.15) is 31.0 Å². The van der Waals surface area contributed by atoms with E-state index in [1.54, 1.807) is 0 Å². The van der Waals surface area contributed by atoms with E-state index in [1.807, 2.05) is 6.92 Å². The molecule has 0 radical (unpaired) electrons. The average Bonchev–Trinajstić information content (AvgIpc) is 2.73. The minimum Gasteiger partial charge on any atom is -0.421 e. The van der Waals surface area contributed by atoms with Crippen molar-refractivity contribution in [3.8, 4) is 0 Å². The lowest BCUT2D eigenvalue weighted by Gasteiger charge is -2.22. The zero-order valence-corrected chi connectivity index (χ0v) is 13.2. The molecule has 23 heavy (non-hydrogen) atoms. The highest BCUT2D eigenvalue weighted by Crippen LogP contribution is 2.36. The quantitative estimate of drug-likeness (QED) is 0.581. The van der Waals surface area contributed by atoms with Gasteiger partial charge in [-0.25, -0.2) is 22.0 Å². The summed E-state index contributed by atoms with van der Waals surface area (Å²) in [6.45, 7) is 4.85. The lowest BCUT2D eigenvalue weighted by molar-refractivity contribution is -1.09. The molecular formula is C8H14F6N2O5S2. The van der Waals surface area contributed by atoms with Crippen molar-refractivity contribution in [3.63, 3.8) is 0 Å². The van der Waals surface area contributed by atoms with Crippen LogP contribution in [0.1, 0.15) is 19.8 Å². The topological polar surface area (TPSA) is 103 Å². The second kappa shape index (κ2) is 7.08. The molecule has 0 bridgehead atoms. The highest BCUT2D eigenvalue weighted by Gasteiger charge is 2.46. The van der Waals surface area contributed by atoms with Crippen molar-refractivity contribution >= 4 is 20.0 Å². The molecule has 0 aliphatic carbocycles. The molecule has 0 aromatic rings. The molecule has 7 nitrogen and oxygen atoms in total. The highest BCUT2D eigenvalue weighted by molar-refractivity contribution is 8.13. The number of halogens is 6. The zero-order chi connectivity index (χ0) is 18.7. The van der Waals surface area contributed by atoms with E-state index in [0.717, 1.165) is 23.8 Å². The van der Waals surface area contributed by atoms with E-state index < -0.39 is 31.1 Å². The van der Waals surface area contributed by atoms with Crippen LogP contribution in [-0.4, -0.2) is 57.3 Å². The first-order chi connectivity index (χ1) is 9.97. The normalized spacial score (nSPS) is 19.1. The number of hydroxylamine groups is 3. The van der Waals surface area contributed by atoms with Crippen molar-refractivity contribution in [3.05, 3.63) is 4.13 Å². The molecule has 1 aliphatic heterocycles. The van der Waals surface area contributed by atoms with Gasteiger partial charge in [-0.3, -0.25) is 0 Å². The van der Waals surface area contributed by atoms with E-state index in [1.165, 1.54) is 12.8 Å². The number of likely N-dealkylation sites (tertiary alicyclic amines) is 1. The Morgan fingerprint density at radius 3 is 1.39 bits per heavy atom. The minimum absolute atomic E-state index is 0.319. The van der Waals surface area contributed by atoms with Crippen molar-refractivity contribution in [1.82, 2.24) is 0 Å². The molecule has 1 N–H and O–H groups in total. The molecule has 0 atom stereocenters. The molecule has 0 spiro atoms. The Balaban J connectivity index is 0.000000502. The van der Waals surface area contributed by atoms with Crippen LogP contribution >= 0.6 is 0 Å². The highest BCUT2D eigenvalue weighted by atomic mass is 32.3. The van der Waals surface area contributed by atoms with Gasteiger partial charge >= 0.3 is 11.0 Å². The maximum Gasteiger partial charge on any atom is 0.480 e. The zero-order valence-electron chi connectivity index (χ0n) is 11.6. The summed E-state index contributed by atoms with van der Waals surface area (Å²) in [5, 5.41) is 9.44. The summed E-state index contributed by atoms with van der Waals surface area (Å²) in [6, 6.07) is 0. The number of quaternary nitrogens is 1. The van der Waals surface area contributed by atoms with Crippen LogP contribution in [0.3, 0.4) is 0 Å². The summed E-state index contributed by atoms with van der Waals surface area (Å²) in [4.78, 5) is 0. The Bertz CT molecular complexity index is 549. The maximum atomic E-state index is 11.4. The van der Waals surface area contributed by atoms with Crippen LogP contribution in [0.2, 0.25) is 0 Å². The fraction of sp³-hybridized carbons (Fsp3) is 1.00. The summed E-state index contributed by atoms with van der Waals surface area (Å²) >= 11 is 0. The Kier molecular flexibility index (Phi) is 6.88.